The Bertz CT molecular complexity index is 609. The van der Waals surface area contributed by atoms with Gasteiger partial charge in [0.2, 0.25) is 0 Å². The summed E-state index contributed by atoms with van der Waals surface area (Å²) in [6.07, 6.45) is 2.62. The second-order valence-electron chi connectivity index (χ2n) is 5.19. The van der Waals surface area contributed by atoms with E-state index in [4.69, 9.17) is 0 Å². The van der Waals surface area contributed by atoms with Gasteiger partial charge in [0.05, 0.1) is 0 Å². The van der Waals surface area contributed by atoms with Crippen molar-refractivity contribution in [1.82, 2.24) is 5.32 Å². The zero-order valence-corrected chi connectivity index (χ0v) is 14.9. The van der Waals surface area contributed by atoms with Crippen molar-refractivity contribution in [3.8, 4) is 10.4 Å². The van der Waals surface area contributed by atoms with E-state index in [-0.39, 0.29) is 0 Å². The fourth-order valence-electron chi connectivity index (χ4n) is 2.19. The van der Waals surface area contributed by atoms with E-state index in [1.807, 2.05) is 12.1 Å². The lowest BCUT2D eigenvalue weighted by Gasteiger charge is -2.13. The number of carboxylic acid groups (broad SMARTS) is 1. The van der Waals surface area contributed by atoms with Crippen molar-refractivity contribution in [1.29, 1.82) is 0 Å². The van der Waals surface area contributed by atoms with Crippen LogP contribution in [0.4, 0.5) is 0 Å². The van der Waals surface area contributed by atoms with Gasteiger partial charge in [0.25, 0.3) is 0 Å². The predicted octanol–water partition coefficient (Wildman–Crippen LogP) is 4.91. The van der Waals surface area contributed by atoms with Crippen LogP contribution < -0.4 is 5.32 Å². The summed E-state index contributed by atoms with van der Waals surface area (Å²) in [6, 6.07) is 11.9. The highest BCUT2D eigenvalue weighted by Crippen LogP contribution is 2.29. The molecule has 1 atom stereocenters. The van der Waals surface area contributed by atoms with E-state index in [2.05, 4.69) is 52.4 Å². The SMILES string of the molecule is CCCCC(NCc1ccc(-c2ccc(Br)cc2)s1)C(=O)O. The van der Waals surface area contributed by atoms with Crippen molar-refractivity contribution in [2.45, 2.75) is 38.8 Å². The van der Waals surface area contributed by atoms with Gasteiger partial charge in [-0.1, -0.05) is 47.8 Å². The van der Waals surface area contributed by atoms with Crippen LogP contribution in [-0.2, 0) is 11.3 Å². The maximum atomic E-state index is 11.2. The summed E-state index contributed by atoms with van der Waals surface area (Å²) in [7, 11) is 0. The molecule has 22 heavy (non-hydrogen) atoms. The Kier molecular flexibility index (Phi) is 6.61. The maximum absolute atomic E-state index is 11.2. The van der Waals surface area contributed by atoms with Crippen molar-refractivity contribution in [2.75, 3.05) is 0 Å². The summed E-state index contributed by atoms with van der Waals surface area (Å²) in [6.45, 7) is 2.67. The van der Waals surface area contributed by atoms with Gasteiger partial charge in [-0.25, -0.2) is 0 Å². The number of halogens is 1. The molecule has 0 fully saturated rings. The summed E-state index contributed by atoms with van der Waals surface area (Å²) in [5, 5.41) is 12.4. The minimum Gasteiger partial charge on any atom is -0.480 e. The van der Waals surface area contributed by atoms with Crippen LogP contribution in [-0.4, -0.2) is 17.1 Å². The van der Waals surface area contributed by atoms with E-state index in [0.29, 0.717) is 13.0 Å². The zero-order valence-electron chi connectivity index (χ0n) is 12.5. The number of thiophene rings is 1. The highest BCUT2D eigenvalue weighted by atomic mass is 79.9. The van der Waals surface area contributed by atoms with E-state index in [1.54, 1.807) is 11.3 Å². The first kappa shape index (κ1) is 17.2. The van der Waals surface area contributed by atoms with Gasteiger partial charge in [0.1, 0.15) is 6.04 Å². The number of carbonyl (C=O) groups is 1. The van der Waals surface area contributed by atoms with Crippen molar-refractivity contribution in [3.05, 3.63) is 45.7 Å². The third-order valence-electron chi connectivity index (χ3n) is 3.46. The van der Waals surface area contributed by atoms with Crippen LogP contribution in [0.2, 0.25) is 0 Å². The highest BCUT2D eigenvalue weighted by Gasteiger charge is 2.16. The molecule has 0 aliphatic heterocycles. The van der Waals surface area contributed by atoms with E-state index >= 15 is 0 Å². The summed E-state index contributed by atoms with van der Waals surface area (Å²) < 4.78 is 1.06. The average molecular weight is 382 g/mol. The second kappa shape index (κ2) is 8.46. The Morgan fingerprint density at radius 1 is 1.27 bits per heavy atom. The van der Waals surface area contributed by atoms with Gasteiger partial charge >= 0.3 is 5.97 Å². The van der Waals surface area contributed by atoms with Crippen LogP contribution in [0.5, 0.6) is 0 Å². The van der Waals surface area contributed by atoms with Gasteiger partial charge in [-0.3, -0.25) is 10.1 Å². The molecule has 0 saturated carbocycles. The molecule has 118 valence electrons. The number of benzene rings is 1. The Morgan fingerprint density at radius 2 is 2.00 bits per heavy atom. The van der Waals surface area contributed by atoms with Gasteiger partial charge in [-0.15, -0.1) is 11.3 Å². The molecule has 1 unspecified atom stereocenters. The van der Waals surface area contributed by atoms with Gasteiger partial charge in [0, 0.05) is 20.8 Å². The molecule has 0 spiro atoms. The molecule has 2 aromatic rings. The third-order valence-corrected chi connectivity index (χ3v) is 5.12. The molecule has 0 radical (unpaired) electrons. The van der Waals surface area contributed by atoms with Gasteiger partial charge in [0.15, 0.2) is 0 Å². The van der Waals surface area contributed by atoms with E-state index < -0.39 is 12.0 Å². The van der Waals surface area contributed by atoms with Crippen LogP contribution >= 0.6 is 27.3 Å². The Hall–Kier alpha value is -1.17. The largest absolute Gasteiger partial charge is 0.480 e. The minimum atomic E-state index is -0.766. The molecule has 0 aliphatic carbocycles. The lowest BCUT2D eigenvalue weighted by molar-refractivity contribution is -0.139. The topological polar surface area (TPSA) is 49.3 Å². The Labute approximate surface area is 143 Å². The van der Waals surface area contributed by atoms with Gasteiger partial charge in [-0.2, -0.15) is 0 Å². The number of carboxylic acids is 1. The van der Waals surface area contributed by atoms with Crippen molar-refractivity contribution in [2.24, 2.45) is 0 Å². The second-order valence-corrected chi connectivity index (χ2v) is 7.27. The zero-order chi connectivity index (χ0) is 15.9. The Morgan fingerprint density at radius 3 is 2.64 bits per heavy atom. The van der Waals surface area contributed by atoms with E-state index in [1.165, 1.54) is 10.4 Å². The van der Waals surface area contributed by atoms with Crippen molar-refractivity contribution >= 4 is 33.2 Å². The molecule has 2 rings (SSSR count). The fraction of sp³-hybridized carbons (Fsp3) is 0.353. The normalized spacial score (nSPS) is 12.3. The molecule has 1 aromatic heterocycles. The Balaban J connectivity index is 1.96. The molecule has 1 aromatic carbocycles. The number of rotatable bonds is 8. The summed E-state index contributed by atoms with van der Waals surface area (Å²) in [5.41, 5.74) is 1.18. The molecule has 0 saturated heterocycles. The quantitative estimate of drug-likeness (QED) is 0.682. The first-order valence-electron chi connectivity index (χ1n) is 7.41. The number of hydrogen-bond donors (Lipinski definition) is 2. The predicted molar refractivity (Wildman–Crippen MR) is 95.2 cm³/mol. The van der Waals surface area contributed by atoms with Crippen molar-refractivity contribution < 1.29 is 9.90 Å². The maximum Gasteiger partial charge on any atom is 0.320 e. The lowest BCUT2D eigenvalue weighted by Crippen LogP contribution is -2.35. The summed E-state index contributed by atoms with van der Waals surface area (Å²) >= 11 is 5.13. The molecular formula is C17H20BrNO2S. The van der Waals surface area contributed by atoms with E-state index in [9.17, 15) is 9.90 Å². The smallest absolute Gasteiger partial charge is 0.320 e. The molecule has 5 heteroatoms. The monoisotopic (exact) mass is 381 g/mol. The first-order valence-corrected chi connectivity index (χ1v) is 9.02. The molecular weight excluding hydrogens is 362 g/mol. The van der Waals surface area contributed by atoms with Crippen LogP contribution in [0, 0.1) is 0 Å². The molecule has 0 bridgehead atoms. The molecule has 1 heterocycles. The van der Waals surface area contributed by atoms with Crippen LogP contribution in [0.15, 0.2) is 40.9 Å². The molecule has 2 N–H and O–H groups in total. The van der Waals surface area contributed by atoms with E-state index in [0.717, 1.165) is 22.2 Å². The summed E-state index contributed by atoms with van der Waals surface area (Å²) in [5.74, 6) is -0.766. The standard InChI is InChI=1S/C17H20BrNO2S/c1-2-3-4-15(17(20)21)19-11-14-9-10-16(22-14)12-5-7-13(18)8-6-12/h5-10,15,19H,2-4,11H2,1H3,(H,20,21). The molecule has 0 amide bonds. The molecule has 3 nitrogen and oxygen atoms in total. The number of unbranched alkanes of at least 4 members (excludes halogenated alkanes) is 1. The fourth-order valence-corrected chi connectivity index (χ4v) is 3.42. The highest BCUT2D eigenvalue weighted by molar-refractivity contribution is 9.10. The van der Waals surface area contributed by atoms with Gasteiger partial charge in [-0.05, 0) is 36.2 Å². The molecule has 0 aliphatic rings. The van der Waals surface area contributed by atoms with Crippen LogP contribution in [0.25, 0.3) is 10.4 Å². The van der Waals surface area contributed by atoms with Crippen LogP contribution in [0.3, 0.4) is 0 Å². The average Bonchev–Trinajstić information content (AvgIpc) is 2.96. The van der Waals surface area contributed by atoms with Gasteiger partial charge < -0.3 is 5.11 Å². The lowest BCUT2D eigenvalue weighted by atomic mass is 10.1. The van der Waals surface area contributed by atoms with Crippen LogP contribution in [0.1, 0.15) is 31.1 Å². The first-order chi connectivity index (χ1) is 10.6. The van der Waals surface area contributed by atoms with Crippen molar-refractivity contribution in [3.63, 3.8) is 0 Å². The minimum absolute atomic E-state index is 0.460. The summed E-state index contributed by atoms with van der Waals surface area (Å²) in [4.78, 5) is 13.6. The number of nitrogens with one attached hydrogen (secondary N) is 1. The number of hydrogen-bond acceptors (Lipinski definition) is 3. The third kappa shape index (κ3) is 4.93. The number of aliphatic carboxylic acids is 1.